The maximum atomic E-state index is 10.7. The number of benzene rings is 1. The summed E-state index contributed by atoms with van der Waals surface area (Å²) in [5, 5.41) is 20.2. The number of phenols is 1. The zero-order chi connectivity index (χ0) is 12.1. The van der Waals surface area contributed by atoms with Gasteiger partial charge in [-0.1, -0.05) is 12.2 Å². The minimum Gasteiger partial charge on any atom is -0.500 e. The Hall–Kier alpha value is -2.08. The van der Waals surface area contributed by atoms with Crippen molar-refractivity contribution >= 4 is 11.8 Å². The van der Waals surface area contributed by atoms with Crippen molar-refractivity contribution in [2.45, 2.75) is 0 Å². The van der Waals surface area contributed by atoms with Crippen LogP contribution in [0.25, 0.3) is 6.08 Å². The Balaban J connectivity index is 3.28. The van der Waals surface area contributed by atoms with E-state index in [2.05, 4.69) is 0 Å². The van der Waals surface area contributed by atoms with Gasteiger partial charge in [0.15, 0.2) is 5.75 Å². The van der Waals surface area contributed by atoms with Crippen molar-refractivity contribution in [2.75, 3.05) is 13.7 Å². The van der Waals surface area contributed by atoms with Gasteiger partial charge in [-0.15, -0.1) is 0 Å². The van der Waals surface area contributed by atoms with Gasteiger partial charge in [0.05, 0.1) is 12.0 Å². The number of hydrogen-bond donors (Lipinski definition) is 2. The molecule has 0 saturated carbocycles. The van der Waals surface area contributed by atoms with Crippen LogP contribution >= 0.6 is 0 Å². The zero-order valence-corrected chi connectivity index (χ0v) is 8.71. The molecule has 6 heteroatoms. The highest BCUT2D eigenvalue weighted by Crippen LogP contribution is 2.37. The second-order valence-corrected chi connectivity index (χ2v) is 2.99. The second-order valence-electron chi connectivity index (χ2n) is 2.99. The molecule has 0 radical (unpaired) electrons. The number of methoxy groups -OCH3 is 1. The van der Waals surface area contributed by atoms with Gasteiger partial charge in [0.25, 0.3) is 0 Å². The van der Waals surface area contributed by atoms with Crippen LogP contribution in [0.3, 0.4) is 0 Å². The molecule has 3 N–H and O–H groups in total. The molecule has 0 aliphatic carbocycles. The lowest BCUT2D eigenvalue weighted by Crippen LogP contribution is -1.94. The van der Waals surface area contributed by atoms with Crippen LogP contribution in [-0.4, -0.2) is 23.7 Å². The van der Waals surface area contributed by atoms with Gasteiger partial charge in [0, 0.05) is 12.6 Å². The molecule has 0 saturated heterocycles. The molecule has 1 rings (SSSR count). The van der Waals surface area contributed by atoms with E-state index < -0.39 is 16.4 Å². The van der Waals surface area contributed by atoms with Crippen LogP contribution in [0.1, 0.15) is 5.56 Å². The zero-order valence-electron chi connectivity index (χ0n) is 8.71. The first-order valence-electron chi connectivity index (χ1n) is 4.52. The van der Waals surface area contributed by atoms with Crippen molar-refractivity contribution in [3.8, 4) is 11.5 Å². The van der Waals surface area contributed by atoms with Crippen molar-refractivity contribution in [1.82, 2.24) is 0 Å². The topological polar surface area (TPSA) is 98.6 Å². The molecule has 0 amide bonds. The first kappa shape index (κ1) is 12.0. The largest absolute Gasteiger partial charge is 0.500 e. The van der Waals surface area contributed by atoms with E-state index in [-0.39, 0.29) is 5.75 Å². The highest BCUT2D eigenvalue weighted by Gasteiger charge is 2.18. The number of nitrogens with two attached hydrogens (primary N) is 1. The molecule has 0 aliphatic rings. The number of ether oxygens (including phenoxy) is 1. The summed E-state index contributed by atoms with van der Waals surface area (Å²) >= 11 is 0. The average Bonchev–Trinajstić information content (AvgIpc) is 2.27. The number of hydrogen-bond acceptors (Lipinski definition) is 5. The number of nitrogens with zero attached hydrogens (tertiary/aromatic N) is 1. The van der Waals surface area contributed by atoms with Gasteiger partial charge in [-0.05, 0) is 11.6 Å². The van der Waals surface area contributed by atoms with Crippen LogP contribution in [0, 0.1) is 10.1 Å². The Labute approximate surface area is 92.1 Å². The number of aromatic hydroxyl groups is 1. The fraction of sp³-hybridized carbons (Fsp3) is 0.200. The fourth-order valence-electron chi connectivity index (χ4n) is 1.21. The third kappa shape index (κ3) is 2.48. The molecule has 0 aromatic heterocycles. The molecule has 0 spiro atoms. The molecule has 0 fully saturated rings. The van der Waals surface area contributed by atoms with Crippen LogP contribution in [0.15, 0.2) is 18.2 Å². The molecule has 1 aromatic rings. The van der Waals surface area contributed by atoms with Crippen LogP contribution in [0.5, 0.6) is 11.5 Å². The lowest BCUT2D eigenvalue weighted by atomic mass is 10.1. The van der Waals surface area contributed by atoms with Crippen LogP contribution in [0.4, 0.5) is 5.69 Å². The summed E-state index contributed by atoms with van der Waals surface area (Å²) in [4.78, 5) is 9.99. The van der Waals surface area contributed by atoms with Gasteiger partial charge in [0.1, 0.15) is 0 Å². The maximum absolute atomic E-state index is 10.7. The Morgan fingerprint density at radius 2 is 2.31 bits per heavy atom. The van der Waals surface area contributed by atoms with Crippen molar-refractivity contribution in [1.29, 1.82) is 0 Å². The number of rotatable bonds is 4. The molecular formula is C10H12N2O4. The molecule has 6 nitrogen and oxygen atoms in total. The van der Waals surface area contributed by atoms with Gasteiger partial charge in [0.2, 0.25) is 5.75 Å². The monoisotopic (exact) mass is 224 g/mol. The molecule has 0 atom stereocenters. The molecule has 0 unspecified atom stereocenters. The lowest BCUT2D eigenvalue weighted by Gasteiger charge is -2.05. The van der Waals surface area contributed by atoms with E-state index in [4.69, 9.17) is 10.5 Å². The minimum atomic E-state index is -0.669. The Bertz CT molecular complexity index is 429. The predicted molar refractivity (Wildman–Crippen MR) is 59.4 cm³/mol. The first-order valence-corrected chi connectivity index (χ1v) is 4.52. The third-order valence-corrected chi connectivity index (χ3v) is 1.94. The fourth-order valence-corrected chi connectivity index (χ4v) is 1.21. The average molecular weight is 224 g/mol. The predicted octanol–water partition coefficient (Wildman–Crippen LogP) is 1.28. The van der Waals surface area contributed by atoms with E-state index in [1.165, 1.54) is 19.2 Å². The van der Waals surface area contributed by atoms with Crippen molar-refractivity contribution < 1.29 is 14.8 Å². The SMILES string of the molecule is COc1cc(/C=C/CN)cc([N+](=O)[O-])c1O. The van der Waals surface area contributed by atoms with Gasteiger partial charge in [-0.3, -0.25) is 10.1 Å². The highest BCUT2D eigenvalue weighted by atomic mass is 16.6. The first-order chi connectivity index (χ1) is 7.60. The van der Waals surface area contributed by atoms with E-state index >= 15 is 0 Å². The Kier molecular flexibility index (Phi) is 3.84. The van der Waals surface area contributed by atoms with E-state index in [0.29, 0.717) is 12.1 Å². The number of nitro groups is 1. The molecule has 16 heavy (non-hydrogen) atoms. The highest BCUT2D eigenvalue weighted by molar-refractivity contribution is 5.64. The third-order valence-electron chi connectivity index (χ3n) is 1.94. The van der Waals surface area contributed by atoms with Gasteiger partial charge in [-0.25, -0.2) is 0 Å². The summed E-state index contributed by atoms with van der Waals surface area (Å²) in [6, 6.07) is 2.75. The van der Waals surface area contributed by atoms with Crippen LogP contribution in [0.2, 0.25) is 0 Å². The molecule has 1 aromatic carbocycles. The minimum absolute atomic E-state index is 0.0610. The molecule has 0 bridgehead atoms. The van der Waals surface area contributed by atoms with Gasteiger partial charge in [-0.2, -0.15) is 0 Å². The normalized spacial score (nSPS) is 10.6. The van der Waals surface area contributed by atoms with Crippen LogP contribution in [-0.2, 0) is 0 Å². The van der Waals surface area contributed by atoms with Crippen molar-refractivity contribution in [3.05, 3.63) is 33.9 Å². The summed E-state index contributed by atoms with van der Waals surface area (Å²) in [5.41, 5.74) is 5.43. The summed E-state index contributed by atoms with van der Waals surface area (Å²) < 4.78 is 4.84. The molecule has 0 heterocycles. The maximum Gasteiger partial charge on any atom is 0.315 e. The quantitative estimate of drug-likeness (QED) is 0.592. The smallest absolute Gasteiger partial charge is 0.315 e. The second kappa shape index (κ2) is 5.13. The number of nitro benzene ring substituents is 1. The van der Waals surface area contributed by atoms with Crippen LogP contribution < -0.4 is 10.5 Å². The van der Waals surface area contributed by atoms with Gasteiger partial charge >= 0.3 is 5.69 Å². The summed E-state index contributed by atoms with van der Waals surface area (Å²) in [5.74, 6) is -0.414. The molecular weight excluding hydrogens is 212 g/mol. The van der Waals surface area contributed by atoms with E-state index in [0.717, 1.165) is 0 Å². The van der Waals surface area contributed by atoms with Crippen molar-refractivity contribution in [3.63, 3.8) is 0 Å². The summed E-state index contributed by atoms with van der Waals surface area (Å²) in [7, 11) is 1.33. The summed E-state index contributed by atoms with van der Waals surface area (Å²) in [6.45, 7) is 0.330. The van der Waals surface area contributed by atoms with Gasteiger partial charge < -0.3 is 15.6 Å². The van der Waals surface area contributed by atoms with E-state index in [9.17, 15) is 15.2 Å². The van der Waals surface area contributed by atoms with E-state index in [1.807, 2.05) is 0 Å². The molecule has 86 valence electrons. The van der Waals surface area contributed by atoms with Crippen molar-refractivity contribution in [2.24, 2.45) is 5.73 Å². The summed E-state index contributed by atoms with van der Waals surface area (Å²) in [6.07, 6.45) is 3.27. The molecule has 0 aliphatic heterocycles. The Morgan fingerprint density at radius 3 is 2.81 bits per heavy atom. The number of phenolic OH excluding ortho intramolecular Hbond substituents is 1. The Morgan fingerprint density at radius 1 is 1.62 bits per heavy atom. The lowest BCUT2D eigenvalue weighted by molar-refractivity contribution is -0.386. The van der Waals surface area contributed by atoms with E-state index in [1.54, 1.807) is 12.2 Å². The standard InChI is InChI=1S/C10H12N2O4/c1-16-9-6-7(3-2-4-11)5-8(10(9)13)12(14)15/h2-3,5-6,13H,4,11H2,1H3/b3-2+.